The highest BCUT2D eigenvalue weighted by Crippen LogP contribution is 2.19. The van der Waals surface area contributed by atoms with E-state index in [4.69, 9.17) is 9.28 Å². The van der Waals surface area contributed by atoms with Gasteiger partial charge in [-0.15, -0.1) is 0 Å². The molecule has 0 aliphatic heterocycles. The predicted molar refractivity (Wildman–Crippen MR) is 61.4 cm³/mol. The highest BCUT2D eigenvalue weighted by atomic mass is 127. The predicted octanol–water partition coefficient (Wildman–Crippen LogP) is 2.95. The molecule has 1 rings (SSSR count). The lowest BCUT2D eigenvalue weighted by Gasteiger charge is -1.93. The number of halogens is 2. The molecule has 0 amide bonds. The van der Waals surface area contributed by atoms with Crippen LogP contribution in [0.15, 0.2) is 0 Å². The van der Waals surface area contributed by atoms with Crippen molar-refractivity contribution in [3.05, 3.63) is 15.2 Å². The fourth-order valence-electron chi connectivity index (χ4n) is 0.624. The molecule has 1 heterocycles. The largest absolute Gasteiger partial charge is 0.261 e. The van der Waals surface area contributed by atoms with Gasteiger partial charge < -0.3 is 0 Å². The van der Waals surface area contributed by atoms with Gasteiger partial charge >= 0.3 is 0 Å². The molecule has 0 aliphatic rings. The molecule has 1 aromatic heterocycles. The van der Waals surface area contributed by atoms with Crippen molar-refractivity contribution in [3.63, 3.8) is 0 Å². The maximum Gasteiger partial charge on any atom is 0.180 e. The van der Waals surface area contributed by atoms with Crippen LogP contribution >= 0.6 is 51.4 Å². The molecule has 0 aromatic carbocycles. The second-order valence-corrected chi connectivity index (χ2v) is 5.15. The van der Waals surface area contributed by atoms with Crippen molar-refractivity contribution in [2.45, 2.75) is 13.8 Å². The summed E-state index contributed by atoms with van der Waals surface area (Å²) in [5.41, 5.74) is 2.33. The minimum Gasteiger partial charge on any atom is -0.261 e. The number of hydrogen-bond donors (Lipinski definition) is 0. The van der Waals surface area contributed by atoms with Gasteiger partial charge in [-0.05, 0) is 23.1 Å². The van der Waals surface area contributed by atoms with E-state index in [1.807, 2.05) is 6.92 Å². The summed E-state index contributed by atoms with van der Waals surface area (Å²) in [6.45, 7) is 4.08. The molecule has 0 radical (unpaired) electrons. The fraction of sp³-hybridized carbons (Fsp3) is 0.400. The first-order chi connectivity index (χ1) is 4.66. The topological polar surface area (TPSA) is 17.8 Å². The van der Waals surface area contributed by atoms with Crippen LogP contribution in [-0.4, -0.2) is 7.76 Å². The van der Waals surface area contributed by atoms with Gasteiger partial charge in [-0.1, -0.05) is 0 Å². The standard InChI is InChI=1S/C5H6I2N2S/c1-3-4(2)9(7-10)5(6)8-3/h1-2H3. The Balaban J connectivity index is 3.33. The van der Waals surface area contributed by atoms with E-state index in [9.17, 15) is 0 Å². The molecule has 0 spiro atoms. The number of aryl methyl sites for hydroxylation is 1. The van der Waals surface area contributed by atoms with Gasteiger partial charge in [0.25, 0.3) is 0 Å². The van der Waals surface area contributed by atoms with Gasteiger partial charge in [0.1, 0.15) is 0 Å². The van der Waals surface area contributed by atoms with Crippen LogP contribution < -0.4 is 0 Å². The zero-order chi connectivity index (χ0) is 7.72. The number of rotatable bonds is 1. The Kier molecular flexibility index (Phi) is 3.17. The molecule has 0 atom stereocenters. The molecule has 0 unspecified atom stereocenters. The van der Waals surface area contributed by atoms with Crippen LogP contribution in [0.5, 0.6) is 0 Å². The summed E-state index contributed by atoms with van der Waals surface area (Å²) in [5.74, 6) is 0. The van der Waals surface area contributed by atoms with E-state index < -0.39 is 0 Å². The number of aromatic nitrogens is 2. The molecular formula is C5H6I2N2S. The Morgan fingerprint density at radius 2 is 2.20 bits per heavy atom. The Labute approximate surface area is 87.3 Å². The molecule has 2 nitrogen and oxygen atoms in total. The van der Waals surface area contributed by atoms with Crippen molar-refractivity contribution < 1.29 is 0 Å². The monoisotopic (exact) mass is 380 g/mol. The van der Waals surface area contributed by atoms with Gasteiger partial charge in [-0.25, -0.2) is 4.98 Å². The smallest absolute Gasteiger partial charge is 0.180 e. The Bertz CT molecular complexity index is 269. The average molecular weight is 380 g/mol. The molecule has 56 valence electrons. The lowest BCUT2D eigenvalue weighted by atomic mass is 10.4. The average Bonchev–Trinajstić information content (AvgIpc) is 2.09. The lowest BCUT2D eigenvalue weighted by molar-refractivity contribution is 1.16. The zero-order valence-electron chi connectivity index (χ0n) is 5.56. The lowest BCUT2D eigenvalue weighted by Crippen LogP contribution is -1.85. The van der Waals surface area contributed by atoms with E-state index in [1.54, 1.807) is 0 Å². The Hall–Kier alpha value is 0.890. The first-order valence-corrected chi connectivity index (χ1v) is 7.65. The third kappa shape index (κ3) is 1.55. The van der Waals surface area contributed by atoms with Crippen molar-refractivity contribution >= 4 is 51.4 Å². The summed E-state index contributed by atoms with van der Waals surface area (Å²) in [4.78, 5) is 4.29. The molecule has 1 aromatic rings. The van der Waals surface area contributed by atoms with E-state index in [-0.39, 0.29) is 19.5 Å². The van der Waals surface area contributed by atoms with Crippen molar-refractivity contribution in [3.8, 4) is 0 Å². The Morgan fingerprint density at radius 3 is 2.40 bits per heavy atom. The van der Waals surface area contributed by atoms with Crippen LogP contribution in [0.4, 0.5) is 0 Å². The molecule has 0 N–H and O–H groups in total. The van der Waals surface area contributed by atoms with Crippen molar-refractivity contribution in [1.82, 2.24) is 7.76 Å². The van der Waals surface area contributed by atoms with Crippen molar-refractivity contribution in [2.24, 2.45) is 0 Å². The second-order valence-electron chi connectivity index (χ2n) is 1.90. The van der Waals surface area contributed by atoms with E-state index >= 15 is 0 Å². The highest BCUT2D eigenvalue weighted by Gasteiger charge is 2.05. The molecular weight excluding hydrogens is 374 g/mol. The summed E-state index contributed by atoms with van der Waals surface area (Å²) < 4.78 is 3.17. The van der Waals surface area contributed by atoms with Gasteiger partial charge in [-0.2, -0.15) is 0 Å². The minimum absolute atomic E-state index is 0.283. The number of imidazole rings is 1. The maximum atomic E-state index is 5.04. The quantitative estimate of drug-likeness (QED) is 0.698. The van der Waals surface area contributed by atoms with E-state index in [0.29, 0.717) is 0 Å². The van der Waals surface area contributed by atoms with Gasteiger partial charge in [0.05, 0.1) is 25.2 Å². The van der Waals surface area contributed by atoms with Crippen LogP contribution in [0, 0.1) is 17.7 Å². The van der Waals surface area contributed by atoms with E-state index in [2.05, 4.69) is 37.3 Å². The van der Waals surface area contributed by atoms with Crippen LogP contribution in [0.25, 0.3) is 0 Å². The van der Waals surface area contributed by atoms with Crippen LogP contribution in [0.2, 0.25) is 0 Å². The molecule has 0 aliphatic carbocycles. The van der Waals surface area contributed by atoms with Gasteiger partial charge in [0.15, 0.2) is 3.83 Å². The number of nitrogens with zero attached hydrogens (tertiary/aromatic N) is 2. The summed E-state index contributed by atoms with van der Waals surface area (Å²) in [6.07, 6.45) is 0. The first-order valence-electron chi connectivity index (χ1n) is 2.66. The van der Waals surface area contributed by atoms with Crippen molar-refractivity contribution in [2.75, 3.05) is 0 Å². The van der Waals surface area contributed by atoms with Gasteiger partial charge in [0, 0.05) is 28.3 Å². The van der Waals surface area contributed by atoms with Gasteiger partial charge in [-0.3, -0.25) is 2.78 Å². The number of hydrogen-bond acceptors (Lipinski definition) is 2. The third-order valence-electron chi connectivity index (χ3n) is 1.31. The molecule has 0 bridgehead atoms. The summed E-state index contributed by atoms with van der Waals surface area (Å²) in [5, 5.41) is 0. The zero-order valence-corrected chi connectivity index (χ0v) is 10.7. The second kappa shape index (κ2) is 3.53. The highest BCUT2D eigenvalue weighted by molar-refractivity contribution is 14.2. The third-order valence-corrected chi connectivity index (χ3v) is 5.46. The fourth-order valence-corrected chi connectivity index (χ4v) is 4.84. The molecule has 5 heteroatoms. The molecule has 0 fully saturated rings. The van der Waals surface area contributed by atoms with E-state index in [1.165, 1.54) is 5.69 Å². The summed E-state index contributed by atoms with van der Waals surface area (Å²) in [7, 11) is 5.04. The normalized spacial score (nSPS) is 10.3. The van der Waals surface area contributed by atoms with Gasteiger partial charge in [0.2, 0.25) is 0 Å². The SMILES string of the molecule is Cc1nc(I)n(I=S)c1C. The first kappa shape index (κ1) is 8.98. The Morgan fingerprint density at radius 1 is 1.60 bits per heavy atom. The molecule has 0 saturated carbocycles. The van der Waals surface area contributed by atoms with E-state index in [0.717, 1.165) is 9.53 Å². The molecule has 10 heavy (non-hydrogen) atoms. The summed E-state index contributed by atoms with van der Waals surface area (Å²) in [6, 6.07) is 0. The van der Waals surface area contributed by atoms with Crippen LogP contribution in [0.1, 0.15) is 11.4 Å². The maximum absolute atomic E-state index is 5.04. The van der Waals surface area contributed by atoms with Crippen LogP contribution in [-0.2, 0) is 0 Å². The minimum atomic E-state index is -0.283. The molecule has 0 saturated heterocycles. The van der Waals surface area contributed by atoms with Crippen LogP contribution in [0.3, 0.4) is 0 Å². The summed E-state index contributed by atoms with van der Waals surface area (Å²) >= 11 is 1.94. The van der Waals surface area contributed by atoms with Crippen molar-refractivity contribution in [1.29, 1.82) is 0 Å².